The highest BCUT2D eigenvalue weighted by molar-refractivity contribution is 8.26. The molecule has 0 unspecified atom stereocenters. The molecule has 0 atom stereocenters. The Hall–Kier alpha value is -3.04. The normalized spacial score (nSPS) is 14.5. The number of nitrogens with one attached hydrogen (secondary N) is 1. The maximum absolute atomic E-state index is 12.8. The number of rotatable bonds is 10. The molecular formula is C24H26N2O5S2. The average Bonchev–Trinajstić information content (AvgIpc) is 3.09. The van der Waals surface area contributed by atoms with Crippen molar-refractivity contribution in [2.45, 2.75) is 12.8 Å². The molecule has 2 aromatic carbocycles. The molecule has 1 aliphatic heterocycles. The highest BCUT2D eigenvalue weighted by Crippen LogP contribution is 2.33. The van der Waals surface area contributed by atoms with Crippen molar-refractivity contribution in [3.05, 3.63) is 58.5 Å². The number of benzene rings is 2. The molecule has 33 heavy (non-hydrogen) atoms. The van der Waals surface area contributed by atoms with Crippen molar-refractivity contribution >= 4 is 46.2 Å². The number of thioether (sulfide) groups is 1. The SMILES string of the molecule is COc1cccc(C=C2SC(=S)N(CCC(=O)NCCc3ccc(OC)c(OC)c3)C2=O)c1. The van der Waals surface area contributed by atoms with Crippen LogP contribution >= 0.6 is 24.0 Å². The topological polar surface area (TPSA) is 77.1 Å². The predicted molar refractivity (Wildman–Crippen MR) is 134 cm³/mol. The fourth-order valence-corrected chi connectivity index (χ4v) is 4.57. The van der Waals surface area contributed by atoms with Crippen molar-refractivity contribution < 1.29 is 23.8 Å². The van der Waals surface area contributed by atoms with Crippen LogP contribution in [0.2, 0.25) is 0 Å². The lowest BCUT2D eigenvalue weighted by molar-refractivity contribution is -0.123. The monoisotopic (exact) mass is 486 g/mol. The van der Waals surface area contributed by atoms with E-state index in [0.717, 1.165) is 11.1 Å². The molecular weight excluding hydrogens is 460 g/mol. The fraction of sp³-hybridized carbons (Fsp3) is 0.292. The van der Waals surface area contributed by atoms with E-state index < -0.39 is 0 Å². The van der Waals surface area contributed by atoms with E-state index in [-0.39, 0.29) is 24.8 Å². The number of carbonyl (C=O) groups excluding carboxylic acids is 2. The summed E-state index contributed by atoms with van der Waals surface area (Å²) in [5, 5.41) is 2.89. The van der Waals surface area contributed by atoms with Crippen LogP contribution in [0.5, 0.6) is 17.2 Å². The van der Waals surface area contributed by atoms with Gasteiger partial charge in [0.05, 0.1) is 26.2 Å². The molecule has 0 aromatic heterocycles. The number of ether oxygens (including phenoxy) is 3. The first-order chi connectivity index (χ1) is 15.9. The Labute approximate surface area is 203 Å². The summed E-state index contributed by atoms with van der Waals surface area (Å²) in [6.45, 7) is 0.713. The van der Waals surface area contributed by atoms with E-state index in [1.165, 1.54) is 16.7 Å². The van der Waals surface area contributed by atoms with Gasteiger partial charge in [0.15, 0.2) is 11.5 Å². The van der Waals surface area contributed by atoms with E-state index in [2.05, 4.69) is 5.32 Å². The molecule has 2 aromatic rings. The van der Waals surface area contributed by atoms with Gasteiger partial charge < -0.3 is 19.5 Å². The van der Waals surface area contributed by atoms with E-state index in [4.69, 9.17) is 26.4 Å². The van der Waals surface area contributed by atoms with Gasteiger partial charge in [-0.25, -0.2) is 0 Å². The molecule has 1 fully saturated rings. The zero-order valence-corrected chi connectivity index (χ0v) is 20.4. The van der Waals surface area contributed by atoms with Crippen LogP contribution in [0.3, 0.4) is 0 Å². The number of hydrogen-bond donors (Lipinski definition) is 1. The Morgan fingerprint density at radius 2 is 1.88 bits per heavy atom. The maximum Gasteiger partial charge on any atom is 0.266 e. The molecule has 7 nitrogen and oxygen atoms in total. The Morgan fingerprint density at radius 3 is 2.61 bits per heavy atom. The number of thiocarbonyl (C=S) groups is 1. The Bertz CT molecular complexity index is 1070. The molecule has 0 radical (unpaired) electrons. The van der Waals surface area contributed by atoms with Crippen LogP contribution in [0.4, 0.5) is 0 Å². The molecule has 0 bridgehead atoms. The molecule has 9 heteroatoms. The lowest BCUT2D eigenvalue weighted by Crippen LogP contribution is -2.34. The minimum absolute atomic E-state index is 0.138. The molecule has 1 N–H and O–H groups in total. The van der Waals surface area contributed by atoms with Crippen LogP contribution in [0.15, 0.2) is 47.4 Å². The predicted octanol–water partition coefficient (Wildman–Crippen LogP) is 3.66. The second kappa shape index (κ2) is 11.7. The van der Waals surface area contributed by atoms with Crippen LogP contribution in [-0.2, 0) is 16.0 Å². The highest BCUT2D eigenvalue weighted by Gasteiger charge is 2.32. The fourth-order valence-electron chi connectivity index (χ4n) is 3.26. The van der Waals surface area contributed by atoms with Gasteiger partial charge in [0.2, 0.25) is 5.91 Å². The van der Waals surface area contributed by atoms with Crippen LogP contribution in [0, 0.1) is 0 Å². The van der Waals surface area contributed by atoms with Gasteiger partial charge >= 0.3 is 0 Å². The summed E-state index contributed by atoms with van der Waals surface area (Å²) in [5.41, 5.74) is 1.87. The third-order valence-corrected chi connectivity index (χ3v) is 6.39. The molecule has 1 aliphatic rings. The largest absolute Gasteiger partial charge is 0.497 e. The second-order valence-corrected chi connectivity index (χ2v) is 8.83. The summed E-state index contributed by atoms with van der Waals surface area (Å²) in [4.78, 5) is 27.1. The number of amides is 2. The third kappa shape index (κ3) is 6.49. The summed E-state index contributed by atoms with van der Waals surface area (Å²) < 4.78 is 16.2. The van der Waals surface area contributed by atoms with Crippen LogP contribution in [0.1, 0.15) is 17.5 Å². The van der Waals surface area contributed by atoms with E-state index in [1.54, 1.807) is 27.4 Å². The van der Waals surface area contributed by atoms with Gasteiger partial charge in [0.1, 0.15) is 10.1 Å². The number of nitrogens with zero attached hydrogens (tertiary/aromatic N) is 1. The molecule has 1 heterocycles. The van der Waals surface area contributed by atoms with Crippen molar-refractivity contribution in [3.8, 4) is 17.2 Å². The van der Waals surface area contributed by atoms with Crippen LogP contribution in [-0.4, -0.2) is 55.5 Å². The Kier molecular flexibility index (Phi) is 8.73. The van der Waals surface area contributed by atoms with Gasteiger partial charge in [-0.05, 0) is 47.9 Å². The van der Waals surface area contributed by atoms with Crippen molar-refractivity contribution in [2.24, 2.45) is 0 Å². The van der Waals surface area contributed by atoms with E-state index in [9.17, 15) is 9.59 Å². The van der Waals surface area contributed by atoms with Crippen LogP contribution < -0.4 is 19.5 Å². The van der Waals surface area contributed by atoms with E-state index in [0.29, 0.717) is 39.4 Å². The van der Waals surface area contributed by atoms with Gasteiger partial charge in [-0.15, -0.1) is 0 Å². The maximum atomic E-state index is 12.8. The van der Waals surface area contributed by atoms with Gasteiger partial charge in [-0.3, -0.25) is 14.5 Å². The first kappa shape index (κ1) is 24.6. The minimum atomic E-state index is -0.189. The zero-order chi connectivity index (χ0) is 23.8. The summed E-state index contributed by atoms with van der Waals surface area (Å²) in [5.74, 6) is 1.70. The van der Waals surface area contributed by atoms with E-state index >= 15 is 0 Å². The van der Waals surface area contributed by atoms with Crippen molar-refractivity contribution in [3.63, 3.8) is 0 Å². The average molecular weight is 487 g/mol. The lowest BCUT2D eigenvalue weighted by atomic mass is 10.1. The number of methoxy groups -OCH3 is 3. The van der Waals surface area contributed by atoms with Crippen LogP contribution in [0.25, 0.3) is 6.08 Å². The van der Waals surface area contributed by atoms with Gasteiger partial charge in [0.25, 0.3) is 5.91 Å². The Morgan fingerprint density at radius 1 is 1.09 bits per heavy atom. The molecule has 174 valence electrons. The lowest BCUT2D eigenvalue weighted by Gasteiger charge is -2.14. The minimum Gasteiger partial charge on any atom is -0.497 e. The standard InChI is InChI=1S/C24H26N2O5S2/c1-29-18-6-4-5-17(13-18)15-21-23(28)26(24(32)33-21)12-10-22(27)25-11-9-16-7-8-19(30-2)20(14-16)31-3/h4-8,13-15H,9-12H2,1-3H3,(H,25,27). The number of hydrogen-bond acceptors (Lipinski definition) is 7. The Balaban J connectivity index is 1.49. The van der Waals surface area contributed by atoms with Crippen molar-refractivity contribution in [1.29, 1.82) is 0 Å². The highest BCUT2D eigenvalue weighted by atomic mass is 32.2. The molecule has 0 saturated carbocycles. The quantitative estimate of drug-likeness (QED) is 0.406. The first-order valence-electron chi connectivity index (χ1n) is 10.3. The summed E-state index contributed by atoms with van der Waals surface area (Å²) >= 11 is 6.59. The summed E-state index contributed by atoms with van der Waals surface area (Å²) in [6.07, 6.45) is 2.60. The summed E-state index contributed by atoms with van der Waals surface area (Å²) in [6, 6.07) is 13.1. The van der Waals surface area contributed by atoms with Crippen molar-refractivity contribution in [1.82, 2.24) is 10.2 Å². The second-order valence-electron chi connectivity index (χ2n) is 7.15. The van der Waals surface area contributed by atoms with Crippen molar-refractivity contribution in [2.75, 3.05) is 34.4 Å². The molecule has 1 saturated heterocycles. The molecule has 0 spiro atoms. The zero-order valence-electron chi connectivity index (χ0n) is 18.8. The first-order valence-corrected chi connectivity index (χ1v) is 11.5. The van der Waals surface area contributed by atoms with Gasteiger partial charge in [0, 0.05) is 19.5 Å². The molecule has 0 aliphatic carbocycles. The van der Waals surface area contributed by atoms with Gasteiger partial charge in [-0.1, -0.05) is 42.2 Å². The van der Waals surface area contributed by atoms with Gasteiger partial charge in [-0.2, -0.15) is 0 Å². The van der Waals surface area contributed by atoms with E-state index in [1.807, 2.05) is 42.5 Å². The third-order valence-electron chi connectivity index (χ3n) is 5.01. The number of carbonyl (C=O) groups is 2. The molecule has 3 rings (SSSR count). The smallest absolute Gasteiger partial charge is 0.266 e. The summed E-state index contributed by atoms with van der Waals surface area (Å²) in [7, 11) is 4.77. The molecule has 2 amide bonds.